The zero-order chi connectivity index (χ0) is 23.0. The Labute approximate surface area is 195 Å². The Kier molecular flexibility index (Phi) is 7.53. The van der Waals surface area contributed by atoms with Crippen molar-refractivity contribution in [1.29, 1.82) is 0 Å². The minimum absolute atomic E-state index is 0.0184. The zero-order valence-corrected chi connectivity index (χ0v) is 19.0. The average molecular weight is 443 g/mol. The molecule has 0 aromatic heterocycles. The van der Waals surface area contributed by atoms with Crippen molar-refractivity contribution in [3.8, 4) is 0 Å². The minimum atomic E-state index is -0.0547. The van der Waals surface area contributed by atoms with Gasteiger partial charge in [0, 0.05) is 24.4 Å². The van der Waals surface area contributed by atoms with Gasteiger partial charge in [0.1, 0.15) is 0 Å². The summed E-state index contributed by atoms with van der Waals surface area (Å²) >= 11 is 0. The Balaban J connectivity index is 1.47. The van der Waals surface area contributed by atoms with E-state index in [0.717, 1.165) is 41.8 Å². The fourth-order valence-electron chi connectivity index (χ4n) is 3.97. The van der Waals surface area contributed by atoms with Crippen LogP contribution in [0.4, 0.5) is 5.69 Å². The maximum absolute atomic E-state index is 13.4. The zero-order valence-electron chi connectivity index (χ0n) is 19.0. The maximum atomic E-state index is 13.4. The first-order chi connectivity index (χ1) is 16.1. The van der Waals surface area contributed by atoms with E-state index >= 15 is 0 Å². The lowest BCUT2D eigenvalue weighted by atomic mass is 10.1. The summed E-state index contributed by atoms with van der Waals surface area (Å²) in [6, 6.07) is 25.2. The third kappa shape index (κ3) is 6.30. The van der Waals surface area contributed by atoms with Crippen molar-refractivity contribution in [3.05, 3.63) is 101 Å². The van der Waals surface area contributed by atoms with Crippen LogP contribution in [0.1, 0.15) is 39.9 Å². The topological polar surface area (TPSA) is 58.6 Å². The quantitative estimate of drug-likeness (QED) is 0.551. The number of ether oxygens (including phenoxy) is 1. The number of amides is 2. The molecule has 0 saturated carbocycles. The molecule has 3 aromatic rings. The van der Waals surface area contributed by atoms with Gasteiger partial charge in [0.15, 0.2) is 0 Å². The molecule has 0 aliphatic carbocycles. The molecule has 2 amide bonds. The Morgan fingerprint density at radius 3 is 2.33 bits per heavy atom. The average Bonchev–Trinajstić information content (AvgIpc) is 3.36. The van der Waals surface area contributed by atoms with E-state index in [0.29, 0.717) is 25.1 Å². The molecular formula is C28H30N2O3. The summed E-state index contributed by atoms with van der Waals surface area (Å²) in [5, 5.41) is 2.96. The van der Waals surface area contributed by atoms with Crippen molar-refractivity contribution < 1.29 is 14.3 Å². The predicted octanol–water partition coefficient (Wildman–Crippen LogP) is 4.68. The van der Waals surface area contributed by atoms with Crippen molar-refractivity contribution in [2.24, 2.45) is 0 Å². The predicted molar refractivity (Wildman–Crippen MR) is 130 cm³/mol. The van der Waals surface area contributed by atoms with Crippen LogP contribution in [-0.4, -0.2) is 31.1 Å². The first-order valence-electron chi connectivity index (χ1n) is 11.5. The number of benzene rings is 3. The Morgan fingerprint density at radius 1 is 0.939 bits per heavy atom. The van der Waals surface area contributed by atoms with Gasteiger partial charge in [-0.15, -0.1) is 0 Å². The number of carbonyl (C=O) groups excluding carboxylic acids is 2. The van der Waals surface area contributed by atoms with E-state index in [4.69, 9.17) is 4.74 Å². The molecule has 4 rings (SSSR count). The molecule has 5 heteroatoms. The summed E-state index contributed by atoms with van der Waals surface area (Å²) < 4.78 is 5.56. The summed E-state index contributed by atoms with van der Waals surface area (Å²) in [5.74, 6) is -0.0731. The molecule has 1 saturated heterocycles. The highest BCUT2D eigenvalue weighted by Gasteiger charge is 2.19. The van der Waals surface area contributed by atoms with Crippen molar-refractivity contribution in [1.82, 2.24) is 5.32 Å². The summed E-state index contributed by atoms with van der Waals surface area (Å²) in [6.45, 7) is 3.82. The smallest absolute Gasteiger partial charge is 0.258 e. The van der Waals surface area contributed by atoms with Crippen LogP contribution in [0.2, 0.25) is 0 Å². The van der Waals surface area contributed by atoms with Crippen LogP contribution in [0.5, 0.6) is 0 Å². The summed E-state index contributed by atoms with van der Waals surface area (Å²) in [5.41, 5.74) is 4.52. The molecule has 1 N–H and O–H groups in total. The van der Waals surface area contributed by atoms with Crippen LogP contribution in [0.3, 0.4) is 0 Å². The van der Waals surface area contributed by atoms with Gasteiger partial charge in [-0.25, -0.2) is 0 Å². The largest absolute Gasteiger partial charge is 0.376 e. The Morgan fingerprint density at radius 2 is 1.67 bits per heavy atom. The van der Waals surface area contributed by atoms with Gasteiger partial charge in [-0.2, -0.15) is 0 Å². The second kappa shape index (κ2) is 10.9. The van der Waals surface area contributed by atoms with Gasteiger partial charge < -0.3 is 15.0 Å². The molecule has 0 spiro atoms. The first kappa shape index (κ1) is 22.7. The maximum Gasteiger partial charge on any atom is 0.258 e. The molecule has 1 atom stereocenters. The van der Waals surface area contributed by atoms with E-state index in [2.05, 4.69) is 5.32 Å². The van der Waals surface area contributed by atoms with Gasteiger partial charge >= 0.3 is 0 Å². The van der Waals surface area contributed by atoms with E-state index in [1.54, 1.807) is 4.90 Å². The third-order valence-corrected chi connectivity index (χ3v) is 5.89. The number of nitrogens with zero attached hydrogens (tertiary/aromatic N) is 1. The highest BCUT2D eigenvalue weighted by atomic mass is 16.5. The van der Waals surface area contributed by atoms with Gasteiger partial charge in [-0.05, 0) is 55.2 Å². The van der Waals surface area contributed by atoms with Gasteiger partial charge in [-0.3, -0.25) is 9.59 Å². The normalized spacial score (nSPS) is 15.2. The number of aryl methyl sites for hydroxylation is 1. The van der Waals surface area contributed by atoms with E-state index < -0.39 is 0 Å². The summed E-state index contributed by atoms with van der Waals surface area (Å²) in [4.78, 5) is 27.5. The molecule has 1 aliphatic rings. The SMILES string of the molecule is Cc1ccc(C(=O)N(Cc2ccccc2)c2ccc(CC(=O)NC[C@@H]3CCCO3)cc2)cc1. The lowest BCUT2D eigenvalue weighted by Crippen LogP contribution is -2.32. The lowest BCUT2D eigenvalue weighted by Gasteiger charge is -2.23. The van der Waals surface area contributed by atoms with E-state index in [-0.39, 0.29) is 17.9 Å². The summed E-state index contributed by atoms with van der Waals surface area (Å²) in [7, 11) is 0. The number of anilines is 1. The molecule has 0 bridgehead atoms. The Bertz CT molecular complexity index is 1060. The monoisotopic (exact) mass is 442 g/mol. The van der Waals surface area contributed by atoms with Crippen molar-refractivity contribution in [2.45, 2.75) is 38.8 Å². The van der Waals surface area contributed by atoms with Gasteiger partial charge in [0.25, 0.3) is 5.91 Å². The summed E-state index contributed by atoms with van der Waals surface area (Å²) in [6.07, 6.45) is 2.50. The van der Waals surface area contributed by atoms with E-state index in [1.165, 1.54) is 0 Å². The van der Waals surface area contributed by atoms with Crippen molar-refractivity contribution >= 4 is 17.5 Å². The van der Waals surface area contributed by atoms with Gasteiger partial charge in [0.2, 0.25) is 5.91 Å². The molecule has 1 aliphatic heterocycles. The fourth-order valence-corrected chi connectivity index (χ4v) is 3.97. The van der Waals surface area contributed by atoms with Crippen molar-refractivity contribution in [2.75, 3.05) is 18.1 Å². The molecule has 170 valence electrons. The second-order valence-electron chi connectivity index (χ2n) is 8.53. The van der Waals surface area contributed by atoms with Crippen LogP contribution in [0.25, 0.3) is 0 Å². The molecule has 3 aromatic carbocycles. The number of hydrogen-bond donors (Lipinski definition) is 1. The second-order valence-corrected chi connectivity index (χ2v) is 8.53. The van der Waals surface area contributed by atoms with E-state index in [9.17, 15) is 9.59 Å². The van der Waals surface area contributed by atoms with Gasteiger partial charge in [0.05, 0.1) is 19.1 Å². The molecule has 5 nitrogen and oxygen atoms in total. The van der Waals surface area contributed by atoms with Crippen LogP contribution in [-0.2, 0) is 22.5 Å². The standard InChI is InChI=1S/C28H30N2O3/c1-21-9-13-24(14-10-21)28(32)30(20-23-6-3-2-4-7-23)25-15-11-22(12-16-25)18-27(31)29-19-26-8-5-17-33-26/h2-4,6-7,9-16,26H,5,8,17-20H2,1H3,(H,29,31)/t26-/m0/s1. The lowest BCUT2D eigenvalue weighted by molar-refractivity contribution is -0.120. The van der Waals surface area contributed by atoms with Crippen LogP contribution in [0, 0.1) is 6.92 Å². The van der Waals surface area contributed by atoms with Crippen molar-refractivity contribution in [3.63, 3.8) is 0 Å². The fraction of sp³-hybridized carbons (Fsp3) is 0.286. The van der Waals surface area contributed by atoms with Crippen LogP contribution >= 0.6 is 0 Å². The molecule has 0 unspecified atom stereocenters. The molecule has 0 radical (unpaired) electrons. The number of carbonyl (C=O) groups is 2. The molecule has 1 fully saturated rings. The first-order valence-corrected chi connectivity index (χ1v) is 11.5. The Hall–Kier alpha value is -3.44. The van der Waals surface area contributed by atoms with Gasteiger partial charge in [-0.1, -0.05) is 60.2 Å². The molecule has 1 heterocycles. The highest BCUT2D eigenvalue weighted by molar-refractivity contribution is 6.06. The van der Waals surface area contributed by atoms with E-state index in [1.807, 2.05) is 85.8 Å². The third-order valence-electron chi connectivity index (χ3n) is 5.89. The molecule has 33 heavy (non-hydrogen) atoms. The number of hydrogen-bond acceptors (Lipinski definition) is 3. The van der Waals surface area contributed by atoms with Crippen LogP contribution < -0.4 is 10.2 Å². The number of nitrogens with one attached hydrogen (secondary N) is 1. The number of rotatable bonds is 8. The minimum Gasteiger partial charge on any atom is -0.376 e. The highest BCUT2D eigenvalue weighted by Crippen LogP contribution is 2.22. The van der Waals surface area contributed by atoms with Crippen LogP contribution in [0.15, 0.2) is 78.9 Å². The molecular weight excluding hydrogens is 412 g/mol.